The smallest absolute Gasteiger partial charge is 0.250 e. The van der Waals surface area contributed by atoms with E-state index >= 15 is 0 Å². The lowest BCUT2D eigenvalue weighted by atomic mass is 10.1. The molecule has 0 spiro atoms. The molecule has 104 valence electrons. The summed E-state index contributed by atoms with van der Waals surface area (Å²) >= 11 is 0. The van der Waals surface area contributed by atoms with E-state index in [0.29, 0.717) is 11.3 Å². The molecule has 0 saturated heterocycles. The van der Waals surface area contributed by atoms with Crippen LogP contribution >= 0.6 is 0 Å². The van der Waals surface area contributed by atoms with Crippen LogP contribution in [0.25, 0.3) is 0 Å². The number of hydrogen-bond donors (Lipinski definition) is 2. The Bertz CT molecular complexity index is 668. The third-order valence-corrected chi connectivity index (χ3v) is 2.74. The van der Waals surface area contributed by atoms with Gasteiger partial charge in [-0.3, -0.25) is 5.41 Å². The van der Waals surface area contributed by atoms with Gasteiger partial charge in [0.15, 0.2) is 0 Å². The minimum atomic E-state index is -0.777. The van der Waals surface area contributed by atoms with Gasteiger partial charge in [-0.1, -0.05) is 0 Å². The maximum atomic E-state index is 13.1. The van der Waals surface area contributed by atoms with Crippen molar-refractivity contribution in [2.24, 2.45) is 5.73 Å². The van der Waals surface area contributed by atoms with E-state index in [1.807, 2.05) is 0 Å². The number of nitrogen functional groups attached to an aromatic ring is 1. The van der Waals surface area contributed by atoms with Gasteiger partial charge in [-0.05, 0) is 19.4 Å². The largest absolute Gasteiger partial charge is 0.437 e. The maximum Gasteiger partial charge on any atom is 0.250 e. The van der Waals surface area contributed by atoms with Crippen molar-refractivity contribution in [1.29, 1.82) is 5.41 Å². The van der Waals surface area contributed by atoms with E-state index in [1.54, 1.807) is 13.8 Å². The summed E-state index contributed by atoms with van der Waals surface area (Å²) in [6, 6.07) is 2.73. The highest BCUT2D eigenvalue weighted by atomic mass is 19.1. The Morgan fingerprint density at radius 2 is 1.75 bits per heavy atom. The molecule has 5 nitrogen and oxygen atoms in total. The molecular weight excluding hydrogens is 266 g/mol. The fourth-order valence-corrected chi connectivity index (χ4v) is 1.67. The fraction of sp³-hybridized carbons (Fsp3) is 0.154. The monoisotopic (exact) mass is 278 g/mol. The standard InChI is InChI=1S/C13H12F2N4O/c1-6-7(2)18-19-13(11(6)12(16)17)20-10-4-8(14)3-9(15)5-10/h3-5H,1-2H3,(H3,16,17). The van der Waals surface area contributed by atoms with Gasteiger partial charge in [-0.25, -0.2) is 8.78 Å². The number of nitrogens with zero attached hydrogens (tertiary/aromatic N) is 2. The zero-order valence-electron chi connectivity index (χ0n) is 10.9. The summed E-state index contributed by atoms with van der Waals surface area (Å²) in [7, 11) is 0. The molecule has 0 unspecified atom stereocenters. The molecule has 0 aliphatic carbocycles. The van der Waals surface area contributed by atoms with E-state index in [9.17, 15) is 8.78 Å². The van der Waals surface area contributed by atoms with Crippen LogP contribution in [0.4, 0.5) is 8.78 Å². The van der Waals surface area contributed by atoms with E-state index in [-0.39, 0.29) is 23.0 Å². The Labute approximate surface area is 113 Å². The molecule has 0 atom stereocenters. The first kappa shape index (κ1) is 13.9. The summed E-state index contributed by atoms with van der Waals surface area (Å²) < 4.78 is 31.5. The average Bonchev–Trinajstić information content (AvgIpc) is 2.32. The van der Waals surface area contributed by atoms with Crippen molar-refractivity contribution in [3.05, 3.63) is 46.7 Å². The van der Waals surface area contributed by atoms with Crippen LogP contribution in [-0.4, -0.2) is 16.0 Å². The second-order valence-corrected chi connectivity index (χ2v) is 4.21. The van der Waals surface area contributed by atoms with E-state index in [1.165, 1.54) is 0 Å². The van der Waals surface area contributed by atoms with Crippen LogP contribution in [0.2, 0.25) is 0 Å². The number of benzene rings is 1. The molecule has 0 aliphatic heterocycles. The van der Waals surface area contributed by atoms with Crippen molar-refractivity contribution in [2.75, 3.05) is 0 Å². The predicted octanol–water partition coefficient (Wildman–Crippen LogP) is 2.45. The lowest BCUT2D eigenvalue weighted by Gasteiger charge is -2.12. The number of halogens is 2. The Morgan fingerprint density at radius 1 is 1.15 bits per heavy atom. The van der Waals surface area contributed by atoms with E-state index in [0.717, 1.165) is 18.2 Å². The Hall–Kier alpha value is -2.57. The van der Waals surface area contributed by atoms with Crippen LogP contribution in [0.3, 0.4) is 0 Å². The summed E-state index contributed by atoms with van der Waals surface area (Å²) in [4.78, 5) is 0. The SMILES string of the molecule is Cc1nnc(Oc2cc(F)cc(F)c2)c(C(=N)N)c1C. The number of ether oxygens (including phenoxy) is 1. The van der Waals surface area contributed by atoms with Crippen molar-refractivity contribution in [3.8, 4) is 11.6 Å². The van der Waals surface area contributed by atoms with Gasteiger partial charge in [0.05, 0.1) is 11.3 Å². The summed E-state index contributed by atoms with van der Waals surface area (Å²) in [5, 5.41) is 15.2. The Morgan fingerprint density at radius 3 is 2.30 bits per heavy atom. The highest BCUT2D eigenvalue weighted by molar-refractivity contribution is 5.98. The lowest BCUT2D eigenvalue weighted by Crippen LogP contribution is -2.16. The summed E-state index contributed by atoms with van der Waals surface area (Å²) in [5.41, 5.74) is 6.95. The van der Waals surface area contributed by atoms with Crippen LogP contribution < -0.4 is 10.5 Å². The van der Waals surface area contributed by atoms with Crippen LogP contribution in [0.1, 0.15) is 16.8 Å². The van der Waals surface area contributed by atoms with Gasteiger partial charge < -0.3 is 10.5 Å². The van der Waals surface area contributed by atoms with Crippen molar-refractivity contribution < 1.29 is 13.5 Å². The normalized spacial score (nSPS) is 10.4. The van der Waals surface area contributed by atoms with Crippen LogP contribution in [-0.2, 0) is 0 Å². The Kier molecular flexibility index (Phi) is 3.60. The first-order valence-corrected chi connectivity index (χ1v) is 5.70. The van der Waals surface area contributed by atoms with Crippen molar-refractivity contribution in [3.63, 3.8) is 0 Å². The molecule has 7 heteroatoms. The average molecular weight is 278 g/mol. The highest BCUT2D eigenvalue weighted by Gasteiger charge is 2.16. The fourth-order valence-electron chi connectivity index (χ4n) is 1.67. The Balaban J connectivity index is 2.48. The molecule has 0 bridgehead atoms. The second-order valence-electron chi connectivity index (χ2n) is 4.21. The van der Waals surface area contributed by atoms with Crippen LogP contribution in [0.15, 0.2) is 18.2 Å². The number of aryl methyl sites for hydroxylation is 1. The summed E-state index contributed by atoms with van der Waals surface area (Å²) in [6.07, 6.45) is 0. The van der Waals surface area contributed by atoms with Crippen LogP contribution in [0.5, 0.6) is 11.6 Å². The first-order valence-electron chi connectivity index (χ1n) is 5.70. The number of hydrogen-bond acceptors (Lipinski definition) is 4. The van der Waals surface area contributed by atoms with E-state index in [2.05, 4.69) is 10.2 Å². The molecule has 1 aromatic heterocycles. The molecule has 1 heterocycles. The summed E-state index contributed by atoms with van der Waals surface area (Å²) in [5.74, 6) is -1.96. The number of nitrogens with two attached hydrogens (primary N) is 1. The molecule has 20 heavy (non-hydrogen) atoms. The molecule has 2 aromatic rings. The van der Waals surface area contributed by atoms with Gasteiger partial charge in [0, 0.05) is 18.2 Å². The number of nitrogens with one attached hydrogen (secondary N) is 1. The maximum absolute atomic E-state index is 13.1. The van der Waals surface area contributed by atoms with E-state index < -0.39 is 11.6 Å². The zero-order valence-corrected chi connectivity index (χ0v) is 10.9. The lowest BCUT2D eigenvalue weighted by molar-refractivity contribution is 0.442. The van der Waals surface area contributed by atoms with Gasteiger partial charge in [-0.15, -0.1) is 5.10 Å². The third-order valence-electron chi connectivity index (χ3n) is 2.74. The first-order chi connectivity index (χ1) is 9.38. The molecule has 0 amide bonds. The number of amidine groups is 1. The number of aromatic nitrogens is 2. The molecule has 1 aromatic carbocycles. The molecule has 3 N–H and O–H groups in total. The van der Waals surface area contributed by atoms with Crippen LogP contribution in [0, 0.1) is 30.9 Å². The minimum Gasteiger partial charge on any atom is -0.437 e. The van der Waals surface area contributed by atoms with Crippen molar-refractivity contribution in [1.82, 2.24) is 10.2 Å². The second kappa shape index (κ2) is 5.20. The van der Waals surface area contributed by atoms with Gasteiger partial charge in [0.25, 0.3) is 0 Å². The van der Waals surface area contributed by atoms with Crippen molar-refractivity contribution >= 4 is 5.84 Å². The van der Waals surface area contributed by atoms with Gasteiger partial charge in [0.1, 0.15) is 23.2 Å². The molecule has 0 aliphatic rings. The quantitative estimate of drug-likeness (QED) is 0.667. The molecular formula is C13H12F2N4O. The van der Waals surface area contributed by atoms with Gasteiger partial charge >= 0.3 is 0 Å². The highest BCUT2D eigenvalue weighted by Crippen LogP contribution is 2.26. The third kappa shape index (κ3) is 2.71. The van der Waals surface area contributed by atoms with Gasteiger partial charge in [-0.2, -0.15) is 5.10 Å². The zero-order chi connectivity index (χ0) is 14.9. The summed E-state index contributed by atoms with van der Waals surface area (Å²) in [6.45, 7) is 3.42. The predicted molar refractivity (Wildman–Crippen MR) is 69.0 cm³/mol. The topological polar surface area (TPSA) is 84.9 Å². The minimum absolute atomic E-state index is 0.0643. The molecule has 0 fully saturated rings. The molecule has 2 rings (SSSR count). The van der Waals surface area contributed by atoms with Gasteiger partial charge in [0.2, 0.25) is 5.88 Å². The molecule has 0 saturated carbocycles. The molecule has 0 radical (unpaired) electrons. The number of rotatable bonds is 3. The van der Waals surface area contributed by atoms with E-state index in [4.69, 9.17) is 15.9 Å². The van der Waals surface area contributed by atoms with Crippen molar-refractivity contribution in [2.45, 2.75) is 13.8 Å².